The van der Waals surface area contributed by atoms with Crippen LogP contribution >= 0.6 is 0 Å². The molecule has 1 N–H and O–H groups in total. The van der Waals surface area contributed by atoms with Gasteiger partial charge in [0.2, 0.25) is 11.8 Å². The fraction of sp³-hybridized carbons (Fsp3) is 0.500. The maximum absolute atomic E-state index is 12.5. The Morgan fingerprint density at radius 2 is 1.93 bits per heavy atom. The zero-order valence-corrected chi connectivity index (χ0v) is 17.5. The summed E-state index contributed by atoms with van der Waals surface area (Å²) in [6.45, 7) is 9.06. The van der Waals surface area contributed by atoms with E-state index in [1.54, 1.807) is 11.9 Å². The molecule has 2 amide bonds. The maximum Gasteiger partial charge on any atom is 0.224 e. The molecule has 1 heterocycles. The Balaban J connectivity index is 1.60. The van der Waals surface area contributed by atoms with Crippen LogP contribution in [0.1, 0.15) is 42.3 Å². The number of para-hydroxylation sites is 1. The molecule has 3 rings (SSSR count). The summed E-state index contributed by atoms with van der Waals surface area (Å²) in [6.07, 6.45) is 1.27. The Morgan fingerprint density at radius 3 is 2.57 bits per heavy atom. The number of carbonyl (C=O) groups excluding carboxylic acids is 2. The highest BCUT2D eigenvalue weighted by Gasteiger charge is 2.38. The molecule has 6 nitrogen and oxygen atoms in total. The number of benzene rings is 1. The lowest BCUT2D eigenvalue weighted by Crippen LogP contribution is -2.32. The van der Waals surface area contributed by atoms with E-state index >= 15 is 0 Å². The van der Waals surface area contributed by atoms with Crippen molar-refractivity contribution >= 4 is 11.8 Å². The van der Waals surface area contributed by atoms with Gasteiger partial charge in [0.25, 0.3) is 0 Å². The molecule has 1 saturated carbocycles. The first-order valence-corrected chi connectivity index (χ1v) is 9.92. The van der Waals surface area contributed by atoms with Crippen LogP contribution in [0.4, 0.5) is 0 Å². The van der Waals surface area contributed by atoms with Crippen molar-refractivity contribution in [1.29, 1.82) is 0 Å². The van der Waals surface area contributed by atoms with Crippen LogP contribution in [0, 0.1) is 32.6 Å². The second-order valence-corrected chi connectivity index (χ2v) is 7.96. The Kier molecular flexibility index (Phi) is 5.87. The number of rotatable bonds is 7. The zero-order valence-electron chi connectivity index (χ0n) is 17.5. The summed E-state index contributed by atoms with van der Waals surface area (Å²) in [5, 5.41) is 7.57. The summed E-state index contributed by atoms with van der Waals surface area (Å²) < 4.78 is 1.95. The van der Waals surface area contributed by atoms with E-state index < -0.39 is 0 Å². The summed E-state index contributed by atoms with van der Waals surface area (Å²) in [5.41, 5.74) is 5.25. The molecule has 1 aromatic carbocycles. The molecule has 0 saturated heterocycles. The minimum Gasteiger partial charge on any atom is -0.355 e. The van der Waals surface area contributed by atoms with Crippen LogP contribution < -0.4 is 5.32 Å². The van der Waals surface area contributed by atoms with Crippen LogP contribution in [0.2, 0.25) is 0 Å². The molecule has 2 atom stereocenters. The lowest BCUT2D eigenvalue weighted by Gasteiger charge is -2.18. The number of nitrogens with one attached hydrogen (secondary N) is 1. The molecule has 28 heavy (non-hydrogen) atoms. The minimum atomic E-state index is 0.0200. The van der Waals surface area contributed by atoms with Crippen molar-refractivity contribution in [2.24, 2.45) is 11.8 Å². The van der Waals surface area contributed by atoms with Crippen LogP contribution in [0.3, 0.4) is 0 Å². The number of carbonyl (C=O) groups is 2. The van der Waals surface area contributed by atoms with Gasteiger partial charge in [-0.05, 0) is 44.7 Å². The van der Waals surface area contributed by atoms with Gasteiger partial charge < -0.3 is 10.2 Å². The predicted octanol–water partition coefficient (Wildman–Crippen LogP) is 2.92. The van der Waals surface area contributed by atoms with Crippen LogP contribution in [0.25, 0.3) is 5.69 Å². The van der Waals surface area contributed by atoms with Crippen molar-refractivity contribution in [3.8, 4) is 5.69 Å². The van der Waals surface area contributed by atoms with E-state index in [1.165, 1.54) is 0 Å². The first-order chi connectivity index (χ1) is 13.3. The average Bonchev–Trinajstić information content (AvgIpc) is 3.33. The van der Waals surface area contributed by atoms with Crippen LogP contribution in [0.15, 0.2) is 24.3 Å². The van der Waals surface area contributed by atoms with Crippen molar-refractivity contribution in [2.75, 3.05) is 13.6 Å². The lowest BCUT2D eigenvalue weighted by atomic mass is 10.1. The van der Waals surface area contributed by atoms with Gasteiger partial charge in [0, 0.05) is 43.7 Å². The smallest absolute Gasteiger partial charge is 0.224 e. The number of hydrogen-bond acceptors (Lipinski definition) is 3. The summed E-state index contributed by atoms with van der Waals surface area (Å²) in [4.78, 5) is 26.1. The van der Waals surface area contributed by atoms with E-state index in [4.69, 9.17) is 5.10 Å². The van der Waals surface area contributed by atoms with Gasteiger partial charge >= 0.3 is 0 Å². The Labute approximate surface area is 166 Å². The Hall–Kier alpha value is -2.63. The minimum absolute atomic E-state index is 0.0200. The van der Waals surface area contributed by atoms with Gasteiger partial charge in [-0.3, -0.25) is 9.59 Å². The number of aromatic nitrogens is 2. The van der Waals surface area contributed by atoms with E-state index in [9.17, 15) is 9.59 Å². The number of amides is 2. The number of aryl methyl sites for hydroxylation is 2. The molecule has 0 unspecified atom stereocenters. The molecule has 1 aliphatic carbocycles. The third-order valence-corrected chi connectivity index (χ3v) is 5.69. The average molecular weight is 383 g/mol. The third-order valence-electron chi connectivity index (χ3n) is 5.69. The molecule has 2 aromatic rings. The molecule has 1 aliphatic rings. The molecule has 0 spiro atoms. The number of hydrogen-bond donors (Lipinski definition) is 1. The fourth-order valence-electron chi connectivity index (χ4n) is 3.57. The lowest BCUT2D eigenvalue weighted by molar-refractivity contribution is -0.130. The molecule has 0 radical (unpaired) electrons. The largest absolute Gasteiger partial charge is 0.355 e. The molecule has 6 heteroatoms. The summed E-state index contributed by atoms with van der Waals surface area (Å²) in [7, 11) is 1.80. The number of nitrogens with zero attached hydrogens (tertiary/aromatic N) is 3. The molecule has 1 fully saturated rings. The van der Waals surface area contributed by atoms with Crippen molar-refractivity contribution in [1.82, 2.24) is 20.0 Å². The van der Waals surface area contributed by atoms with E-state index in [0.717, 1.165) is 34.6 Å². The first-order valence-electron chi connectivity index (χ1n) is 9.92. The molecule has 0 bridgehead atoms. The van der Waals surface area contributed by atoms with Crippen molar-refractivity contribution < 1.29 is 9.59 Å². The summed E-state index contributed by atoms with van der Waals surface area (Å²) in [5.74, 6) is 0.722. The molecule has 1 aromatic heterocycles. The van der Waals surface area contributed by atoms with Gasteiger partial charge in [0.05, 0.1) is 11.4 Å². The van der Waals surface area contributed by atoms with Crippen molar-refractivity contribution in [3.05, 3.63) is 46.8 Å². The molecular weight excluding hydrogens is 352 g/mol. The molecule has 150 valence electrons. The summed E-state index contributed by atoms with van der Waals surface area (Å²) in [6, 6.07) is 8.14. The van der Waals surface area contributed by atoms with Crippen LogP contribution in [0.5, 0.6) is 0 Å². The monoisotopic (exact) mass is 382 g/mol. The SMILES string of the molecule is Cc1ccccc1-n1nc(C)c(CN(C)C(=O)CCNC(=O)[C@@H]2C[C@@H]2C)c1C. The molecule has 0 aliphatic heterocycles. The van der Waals surface area contributed by atoms with Gasteiger partial charge in [-0.25, -0.2) is 4.68 Å². The highest BCUT2D eigenvalue weighted by Crippen LogP contribution is 2.37. The third kappa shape index (κ3) is 4.26. The zero-order chi connectivity index (χ0) is 20.4. The van der Waals surface area contributed by atoms with Crippen molar-refractivity contribution in [2.45, 2.75) is 47.1 Å². The highest BCUT2D eigenvalue weighted by atomic mass is 16.2. The normalized spacial score (nSPS) is 18.0. The fourth-order valence-corrected chi connectivity index (χ4v) is 3.57. The Bertz CT molecular complexity index is 887. The van der Waals surface area contributed by atoms with Crippen LogP contribution in [-0.2, 0) is 16.1 Å². The Morgan fingerprint density at radius 1 is 1.25 bits per heavy atom. The predicted molar refractivity (Wildman–Crippen MR) is 109 cm³/mol. The highest BCUT2D eigenvalue weighted by molar-refractivity contribution is 5.82. The molecular formula is C22H30N4O2. The van der Waals surface area contributed by atoms with Gasteiger partial charge in [0.15, 0.2) is 0 Å². The van der Waals surface area contributed by atoms with Gasteiger partial charge in [0.1, 0.15) is 0 Å². The van der Waals surface area contributed by atoms with Crippen LogP contribution in [-0.4, -0.2) is 40.1 Å². The topological polar surface area (TPSA) is 67.2 Å². The van der Waals surface area contributed by atoms with E-state index in [1.807, 2.05) is 30.7 Å². The quantitative estimate of drug-likeness (QED) is 0.801. The van der Waals surface area contributed by atoms with Gasteiger partial charge in [-0.1, -0.05) is 25.1 Å². The second-order valence-electron chi connectivity index (χ2n) is 7.96. The maximum atomic E-state index is 12.5. The van der Waals surface area contributed by atoms with Crippen molar-refractivity contribution in [3.63, 3.8) is 0 Å². The van der Waals surface area contributed by atoms with Gasteiger partial charge in [-0.2, -0.15) is 5.10 Å². The second kappa shape index (κ2) is 8.17. The van der Waals surface area contributed by atoms with E-state index in [0.29, 0.717) is 25.4 Å². The van der Waals surface area contributed by atoms with E-state index in [-0.39, 0.29) is 17.7 Å². The van der Waals surface area contributed by atoms with Gasteiger partial charge in [-0.15, -0.1) is 0 Å². The van der Waals surface area contributed by atoms with E-state index in [2.05, 4.69) is 31.3 Å². The standard InChI is InChI=1S/C22H30N4O2/c1-14-8-6-7-9-20(14)26-17(4)19(16(3)24-26)13-25(5)21(27)10-11-23-22(28)18-12-15(18)2/h6-9,15,18H,10-13H2,1-5H3,(H,23,28)/t15-,18+/m0/s1. The first kappa shape index (κ1) is 20.1. The summed E-state index contributed by atoms with van der Waals surface area (Å²) >= 11 is 0.